The van der Waals surface area contributed by atoms with Gasteiger partial charge in [0, 0.05) is 30.1 Å². The van der Waals surface area contributed by atoms with Crippen molar-refractivity contribution in [1.29, 1.82) is 0 Å². The lowest BCUT2D eigenvalue weighted by molar-refractivity contribution is 0.0627. The van der Waals surface area contributed by atoms with Crippen molar-refractivity contribution in [2.45, 2.75) is 52.6 Å². The Morgan fingerprint density at radius 2 is 1.75 bits per heavy atom. The Labute approximate surface area is 239 Å². The zero-order chi connectivity index (χ0) is 28.4. The lowest BCUT2D eigenvalue weighted by atomic mass is 10.0. The van der Waals surface area contributed by atoms with Crippen LogP contribution in [0.3, 0.4) is 0 Å². The van der Waals surface area contributed by atoms with Crippen LogP contribution < -0.4 is 10.3 Å². The molecule has 0 atom stereocenters. The molecule has 1 saturated heterocycles. The highest BCUT2D eigenvalue weighted by atomic mass is 32.1. The Kier molecular flexibility index (Phi) is 8.38. The first-order chi connectivity index (χ1) is 19.4. The molecule has 2 aromatic heterocycles. The number of carbonyl (C=O) groups is 2. The highest BCUT2D eigenvalue weighted by molar-refractivity contribution is 7.22. The number of carbonyl (C=O) groups excluding carboxylic acids is 2. The first-order valence-electron chi connectivity index (χ1n) is 14.1. The highest BCUT2D eigenvalue weighted by Gasteiger charge is 2.31. The van der Waals surface area contributed by atoms with Crippen LogP contribution in [-0.2, 0) is 6.54 Å². The fourth-order valence-corrected chi connectivity index (χ4v) is 7.28. The molecule has 0 N–H and O–H groups in total. The van der Waals surface area contributed by atoms with E-state index in [4.69, 9.17) is 4.74 Å². The normalized spacial score (nSPS) is 14.4. The van der Waals surface area contributed by atoms with Crippen molar-refractivity contribution in [3.63, 3.8) is 0 Å². The van der Waals surface area contributed by atoms with Crippen LogP contribution in [-0.4, -0.2) is 65.4 Å². The number of pyridine rings is 1. The van der Waals surface area contributed by atoms with Crippen LogP contribution in [0.1, 0.15) is 58.7 Å². The van der Waals surface area contributed by atoms with Gasteiger partial charge in [0.2, 0.25) is 0 Å². The standard InChI is InChI=1S/C32H37N3O4S/c1-5-17-33(6-2)22-15-18-34(19-16-22)32(38)30-28(39-4)27-29(40-30)24-13-9-10-14-25(24)35(31(27)37)20-26(36)23-12-8-7-11-21(23)3/h7-14,22H,5-6,15-20H2,1-4H3. The fraction of sp³-hybridized carbons (Fsp3) is 0.406. The summed E-state index contributed by atoms with van der Waals surface area (Å²) < 4.78 is 8.01. The fourth-order valence-electron chi connectivity index (χ4n) is 6.02. The molecule has 0 radical (unpaired) electrons. The van der Waals surface area contributed by atoms with Crippen molar-refractivity contribution in [3.05, 3.63) is 74.9 Å². The number of aromatic nitrogens is 1. The summed E-state index contributed by atoms with van der Waals surface area (Å²) in [5.74, 6) is 0.0736. The molecule has 0 unspecified atom stereocenters. The van der Waals surface area contributed by atoms with Crippen LogP contribution in [0.25, 0.3) is 21.0 Å². The minimum atomic E-state index is -0.320. The number of methoxy groups -OCH3 is 1. The number of ether oxygens (including phenoxy) is 1. The molecule has 3 heterocycles. The molecule has 7 nitrogen and oxygen atoms in total. The third-order valence-corrected chi connectivity index (χ3v) is 9.29. The second-order valence-electron chi connectivity index (χ2n) is 10.5. The molecule has 0 saturated carbocycles. The van der Waals surface area contributed by atoms with Crippen LogP contribution >= 0.6 is 11.3 Å². The summed E-state index contributed by atoms with van der Waals surface area (Å²) >= 11 is 1.32. The molecule has 1 fully saturated rings. The summed E-state index contributed by atoms with van der Waals surface area (Å²) in [5, 5.41) is 1.19. The largest absolute Gasteiger partial charge is 0.494 e. The van der Waals surface area contributed by atoms with Gasteiger partial charge in [0.1, 0.15) is 10.3 Å². The number of amides is 1. The van der Waals surface area contributed by atoms with Crippen molar-refractivity contribution >= 4 is 44.0 Å². The number of aryl methyl sites for hydroxylation is 1. The summed E-state index contributed by atoms with van der Waals surface area (Å²) in [6.07, 6.45) is 2.99. The Hall–Kier alpha value is -3.49. The van der Waals surface area contributed by atoms with E-state index in [0.29, 0.717) is 46.2 Å². The molecule has 0 spiro atoms. The van der Waals surface area contributed by atoms with Gasteiger partial charge < -0.3 is 14.5 Å². The van der Waals surface area contributed by atoms with Gasteiger partial charge in [-0.05, 0) is 50.9 Å². The number of likely N-dealkylation sites (tertiary alicyclic amines) is 1. The number of nitrogens with zero attached hydrogens (tertiary/aromatic N) is 3. The van der Waals surface area contributed by atoms with E-state index in [-0.39, 0.29) is 23.8 Å². The van der Waals surface area contributed by atoms with Crippen LogP contribution in [0.15, 0.2) is 53.3 Å². The van der Waals surface area contributed by atoms with Crippen LogP contribution in [0.2, 0.25) is 0 Å². The maximum atomic E-state index is 14.0. The molecule has 40 heavy (non-hydrogen) atoms. The van der Waals surface area contributed by atoms with E-state index in [1.54, 1.807) is 6.07 Å². The Bertz CT molecular complexity index is 1610. The van der Waals surface area contributed by atoms with E-state index in [9.17, 15) is 14.4 Å². The molecule has 1 aliphatic rings. The average molecular weight is 560 g/mol. The van der Waals surface area contributed by atoms with Gasteiger partial charge in [0.05, 0.1) is 23.9 Å². The topological polar surface area (TPSA) is 71.8 Å². The van der Waals surface area contributed by atoms with Crippen molar-refractivity contribution < 1.29 is 14.3 Å². The number of rotatable bonds is 9. The summed E-state index contributed by atoms with van der Waals surface area (Å²) in [5.41, 5.74) is 1.81. The van der Waals surface area contributed by atoms with Crippen molar-refractivity contribution in [1.82, 2.24) is 14.4 Å². The summed E-state index contributed by atoms with van der Waals surface area (Å²) in [6.45, 7) is 9.64. The lowest BCUT2D eigenvalue weighted by Gasteiger charge is -2.38. The van der Waals surface area contributed by atoms with Crippen molar-refractivity contribution in [3.8, 4) is 5.75 Å². The second-order valence-corrected chi connectivity index (χ2v) is 11.5. The zero-order valence-corrected chi connectivity index (χ0v) is 24.6. The van der Waals surface area contributed by atoms with E-state index in [2.05, 4.69) is 18.7 Å². The quantitative estimate of drug-likeness (QED) is 0.244. The molecule has 4 aromatic rings. The molecular weight excluding hydrogens is 522 g/mol. The molecule has 0 aliphatic carbocycles. The van der Waals surface area contributed by atoms with Gasteiger partial charge in [-0.25, -0.2) is 0 Å². The van der Waals surface area contributed by atoms with Gasteiger partial charge in [-0.2, -0.15) is 0 Å². The molecule has 1 aliphatic heterocycles. The number of fused-ring (bicyclic) bond motifs is 3. The Morgan fingerprint density at radius 1 is 1.05 bits per heavy atom. The van der Waals surface area contributed by atoms with E-state index in [0.717, 1.165) is 48.0 Å². The van der Waals surface area contributed by atoms with Gasteiger partial charge >= 0.3 is 0 Å². The first kappa shape index (κ1) is 28.1. The van der Waals surface area contributed by atoms with Crippen LogP contribution in [0, 0.1) is 6.92 Å². The maximum absolute atomic E-state index is 14.0. The number of hydrogen-bond donors (Lipinski definition) is 0. The van der Waals surface area contributed by atoms with E-state index in [1.165, 1.54) is 23.0 Å². The zero-order valence-electron chi connectivity index (χ0n) is 23.7. The number of piperidine rings is 1. The van der Waals surface area contributed by atoms with Crippen LogP contribution in [0.4, 0.5) is 0 Å². The van der Waals surface area contributed by atoms with Crippen LogP contribution in [0.5, 0.6) is 5.75 Å². The van der Waals surface area contributed by atoms with E-state index in [1.807, 2.05) is 54.3 Å². The van der Waals surface area contributed by atoms with Gasteiger partial charge in [0.25, 0.3) is 11.5 Å². The maximum Gasteiger partial charge on any atom is 0.267 e. The predicted octanol–water partition coefficient (Wildman–Crippen LogP) is 5.75. The number of para-hydroxylation sites is 1. The number of Topliss-reactive ketones (excluding diaryl/α,β-unsaturated/α-hetero) is 1. The summed E-state index contributed by atoms with van der Waals surface area (Å²) in [6, 6.07) is 15.5. The minimum Gasteiger partial charge on any atom is -0.494 e. The Morgan fingerprint density at radius 3 is 2.42 bits per heavy atom. The smallest absolute Gasteiger partial charge is 0.267 e. The molecule has 1 amide bonds. The minimum absolute atomic E-state index is 0.0956. The molecule has 8 heteroatoms. The van der Waals surface area contributed by atoms with E-state index >= 15 is 0 Å². The first-order valence-corrected chi connectivity index (χ1v) is 14.9. The van der Waals surface area contributed by atoms with E-state index < -0.39 is 0 Å². The van der Waals surface area contributed by atoms with Gasteiger partial charge in [-0.15, -0.1) is 11.3 Å². The molecule has 5 rings (SSSR count). The molecule has 0 bridgehead atoms. The van der Waals surface area contributed by atoms with Gasteiger partial charge in [0.15, 0.2) is 11.5 Å². The lowest BCUT2D eigenvalue weighted by Crippen LogP contribution is -2.46. The molecular formula is C32H37N3O4S. The highest BCUT2D eigenvalue weighted by Crippen LogP contribution is 2.40. The second kappa shape index (κ2) is 11.9. The average Bonchev–Trinajstić information content (AvgIpc) is 3.38. The SMILES string of the molecule is CCCN(CC)C1CCN(C(=O)c2sc3c(c2OC)c(=O)n(CC(=O)c2ccccc2C)c2ccccc32)CC1. The number of thiophene rings is 1. The van der Waals surface area contributed by atoms with Crippen molar-refractivity contribution in [2.75, 3.05) is 33.3 Å². The number of ketones is 1. The summed E-state index contributed by atoms with van der Waals surface area (Å²) in [7, 11) is 1.51. The van der Waals surface area contributed by atoms with Crippen molar-refractivity contribution in [2.24, 2.45) is 0 Å². The predicted molar refractivity (Wildman–Crippen MR) is 162 cm³/mol. The number of hydrogen-bond acceptors (Lipinski definition) is 6. The third-order valence-electron chi connectivity index (χ3n) is 8.09. The third kappa shape index (κ3) is 5.06. The molecule has 210 valence electrons. The Balaban J connectivity index is 1.54. The number of benzene rings is 2. The summed E-state index contributed by atoms with van der Waals surface area (Å²) in [4.78, 5) is 46.0. The monoisotopic (exact) mass is 559 g/mol. The molecule has 2 aromatic carbocycles. The van der Waals surface area contributed by atoms with Gasteiger partial charge in [-0.3, -0.25) is 19.0 Å². The van der Waals surface area contributed by atoms with Gasteiger partial charge in [-0.1, -0.05) is 56.3 Å².